The van der Waals surface area contributed by atoms with Crippen molar-refractivity contribution in [2.24, 2.45) is 0 Å². The van der Waals surface area contributed by atoms with Crippen molar-refractivity contribution >= 4 is 11.6 Å². The summed E-state index contributed by atoms with van der Waals surface area (Å²) in [5.74, 6) is 0.785. The van der Waals surface area contributed by atoms with Gasteiger partial charge in [0.1, 0.15) is 5.75 Å². The van der Waals surface area contributed by atoms with Crippen LogP contribution in [-0.4, -0.2) is 24.2 Å². The zero-order valence-electron chi connectivity index (χ0n) is 15.4. The molecule has 5 heteroatoms. The molecule has 2 saturated heterocycles. The minimum absolute atomic E-state index is 0.0283. The van der Waals surface area contributed by atoms with Crippen LogP contribution in [0.3, 0.4) is 0 Å². The van der Waals surface area contributed by atoms with Crippen molar-refractivity contribution in [1.29, 1.82) is 0 Å². The number of ether oxygens (including phenoxy) is 1. The molecule has 0 aliphatic carbocycles. The molecule has 136 valence electrons. The van der Waals surface area contributed by atoms with Crippen LogP contribution in [-0.2, 0) is 9.63 Å². The number of anilines is 1. The van der Waals surface area contributed by atoms with Crippen LogP contribution in [0, 0.1) is 0 Å². The number of para-hydroxylation sites is 1. The van der Waals surface area contributed by atoms with Gasteiger partial charge in [-0.3, -0.25) is 9.63 Å². The van der Waals surface area contributed by atoms with Crippen molar-refractivity contribution in [2.45, 2.75) is 43.9 Å². The fourth-order valence-corrected chi connectivity index (χ4v) is 4.07. The molecule has 0 bridgehead atoms. The number of hydroxylamine groups is 1. The first-order valence-electron chi connectivity index (χ1n) is 8.92. The standard InChI is InChI=1S/C21H24N2O3/c1-20(2)14-21(19(24)22-20)13-18(15-9-11-17(25-3)12-10-15)23(26-21)16-7-5-4-6-8-16/h4-12,18H,13-14H2,1-3H3,(H,22,24)/t18-,21+/m1/s1. The summed E-state index contributed by atoms with van der Waals surface area (Å²) in [4.78, 5) is 19.1. The van der Waals surface area contributed by atoms with Gasteiger partial charge < -0.3 is 10.1 Å². The van der Waals surface area contributed by atoms with Gasteiger partial charge in [-0.2, -0.15) is 0 Å². The summed E-state index contributed by atoms with van der Waals surface area (Å²) < 4.78 is 5.27. The topological polar surface area (TPSA) is 50.8 Å². The van der Waals surface area contributed by atoms with E-state index in [1.165, 1.54) is 0 Å². The monoisotopic (exact) mass is 352 g/mol. The van der Waals surface area contributed by atoms with Gasteiger partial charge in [-0.25, -0.2) is 5.06 Å². The van der Waals surface area contributed by atoms with Crippen molar-refractivity contribution in [3.05, 3.63) is 60.2 Å². The van der Waals surface area contributed by atoms with Crippen molar-refractivity contribution in [3.8, 4) is 5.75 Å². The molecule has 2 aromatic rings. The molecule has 0 aromatic heterocycles. The van der Waals surface area contributed by atoms with E-state index in [-0.39, 0.29) is 17.5 Å². The van der Waals surface area contributed by atoms with E-state index in [4.69, 9.17) is 9.57 Å². The second-order valence-corrected chi connectivity index (χ2v) is 7.75. The number of nitrogens with zero attached hydrogens (tertiary/aromatic N) is 1. The molecule has 0 saturated carbocycles. The summed E-state index contributed by atoms with van der Waals surface area (Å²) >= 11 is 0. The van der Waals surface area contributed by atoms with E-state index >= 15 is 0 Å². The minimum atomic E-state index is -0.829. The smallest absolute Gasteiger partial charge is 0.255 e. The number of hydrogen-bond acceptors (Lipinski definition) is 4. The van der Waals surface area contributed by atoms with E-state index in [0.717, 1.165) is 17.0 Å². The highest BCUT2D eigenvalue weighted by Crippen LogP contribution is 2.49. The van der Waals surface area contributed by atoms with Gasteiger partial charge in [0, 0.05) is 18.4 Å². The van der Waals surface area contributed by atoms with Crippen molar-refractivity contribution in [1.82, 2.24) is 5.32 Å². The van der Waals surface area contributed by atoms with Gasteiger partial charge in [0.15, 0.2) is 5.60 Å². The lowest BCUT2D eigenvalue weighted by atomic mass is 9.86. The predicted octanol–water partition coefficient (Wildman–Crippen LogP) is 3.62. The molecule has 1 N–H and O–H groups in total. The van der Waals surface area contributed by atoms with Crippen LogP contribution in [0.1, 0.15) is 38.3 Å². The number of methoxy groups -OCH3 is 1. The van der Waals surface area contributed by atoms with Gasteiger partial charge >= 0.3 is 0 Å². The molecule has 2 aromatic carbocycles. The second-order valence-electron chi connectivity index (χ2n) is 7.75. The molecule has 5 nitrogen and oxygen atoms in total. The lowest BCUT2D eigenvalue weighted by Crippen LogP contribution is -2.39. The minimum Gasteiger partial charge on any atom is -0.497 e. The third kappa shape index (κ3) is 2.82. The second kappa shape index (κ2) is 6.02. The van der Waals surface area contributed by atoms with Crippen LogP contribution in [0.4, 0.5) is 5.69 Å². The lowest BCUT2D eigenvalue weighted by molar-refractivity contribution is -0.137. The van der Waals surface area contributed by atoms with E-state index < -0.39 is 5.60 Å². The quantitative estimate of drug-likeness (QED) is 0.917. The van der Waals surface area contributed by atoms with E-state index in [2.05, 4.69) is 5.32 Å². The summed E-state index contributed by atoms with van der Waals surface area (Å²) in [5, 5.41) is 4.97. The normalized spacial score (nSPS) is 27.0. The van der Waals surface area contributed by atoms with Crippen LogP contribution in [0.15, 0.2) is 54.6 Å². The molecule has 1 amide bonds. The van der Waals surface area contributed by atoms with Crippen LogP contribution >= 0.6 is 0 Å². The Morgan fingerprint density at radius 2 is 1.81 bits per heavy atom. The summed E-state index contributed by atoms with van der Waals surface area (Å²) in [6.07, 6.45) is 1.26. The molecule has 2 aliphatic rings. The summed E-state index contributed by atoms with van der Waals surface area (Å²) in [6, 6.07) is 17.9. The first-order chi connectivity index (χ1) is 12.4. The molecule has 4 rings (SSSR count). The van der Waals surface area contributed by atoms with E-state index in [1.807, 2.05) is 73.5 Å². The average Bonchev–Trinajstić information content (AvgIpc) is 3.12. The predicted molar refractivity (Wildman–Crippen MR) is 99.9 cm³/mol. The van der Waals surface area contributed by atoms with Crippen molar-refractivity contribution in [2.75, 3.05) is 12.2 Å². The highest BCUT2D eigenvalue weighted by atomic mass is 16.7. The highest BCUT2D eigenvalue weighted by molar-refractivity contribution is 5.89. The maximum Gasteiger partial charge on any atom is 0.255 e. The van der Waals surface area contributed by atoms with Gasteiger partial charge in [-0.1, -0.05) is 30.3 Å². The van der Waals surface area contributed by atoms with Gasteiger partial charge in [0.2, 0.25) is 0 Å². The van der Waals surface area contributed by atoms with E-state index in [1.54, 1.807) is 7.11 Å². The van der Waals surface area contributed by atoms with E-state index in [0.29, 0.717) is 12.8 Å². The Morgan fingerprint density at radius 1 is 1.12 bits per heavy atom. The Hall–Kier alpha value is -2.53. The Labute approximate surface area is 153 Å². The molecule has 0 unspecified atom stereocenters. The molecule has 26 heavy (non-hydrogen) atoms. The fraction of sp³-hybridized carbons (Fsp3) is 0.381. The average molecular weight is 352 g/mol. The largest absolute Gasteiger partial charge is 0.497 e. The third-order valence-corrected chi connectivity index (χ3v) is 5.18. The molecule has 2 atom stereocenters. The van der Waals surface area contributed by atoms with Crippen LogP contribution in [0.2, 0.25) is 0 Å². The molecule has 2 heterocycles. The maximum absolute atomic E-state index is 12.8. The molecule has 0 radical (unpaired) electrons. The van der Waals surface area contributed by atoms with Gasteiger partial charge in [0.05, 0.1) is 18.8 Å². The van der Waals surface area contributed by atoms with Crippen LogP contribution in [0.25, 0.3) is 0 Å². The van der Waals surface area contributed by atoms with Crippen molar-refractivity contribution in [3.63, 3.8) is 0 Å². The summed E-state index contributed by atoms with van der Waals surface area (Å²) in [6.45, 7) is 4.08. The Morgan fingerprint density at radius 3 is 2.38 bits per heavy atom. The molecular formula is C21H24N2O3. The number of hydrogen-bond donors (Lipinski definition) is 1. The lowest BCUT2D eigenvalue weighted by Gasteiger charge is -2.26. The molecule has 1 spiro atoms. The Bertz CT molecular complexity index is 804. The first kappa shape index (κ1) is 16.9. The number of amides is 1. The number of carbonyl (C=O) groups is 1. The zero-order valence-corrected chi connectivity index (χ0v) is 15.4. The fourth-order valence-electron chi connectivity index (χ4n) is 4.07. The van der Waals surface area contributed by atoms with Crippen LogP contribution < -0.4 is 15.1 Å². The summed E-state index contributed by atoms with van der Waals surface area (Å²) in [5.41, 5.74) is 0.949. The number of carbonyl (C=O) groups excluding carboxylic acids is 1. The number of nitrogens with one attached hydrogen (secondary N) is 1. The molecule has 2 fully saturated rings. The number of rotatable bonds is 3. The van der Waals surface area contributed by atoms with Crippen molar-refractivity contribution < 1.29 is 14.4 Å². The third-order valence-electron chi connectivity index (χ3n) is 5.18. The Balaban J connectivity index is 1.73. The van der Waals surface area contributed by atoms with Gasteiger partial charge in [-0.05, 0) is 43.7 Å². The SMILES string of the molecule is COc1ccc([C@H]2C[C@@]3(CC(C)(C)NC3=O)ON2c2ccccc2)cc1. The highest BCUT2D eigenvalue weighted by Gasteiger charge is 2.59. The maximum atomic E-state index is 12.8. The Kier molecular flexibility index (Phi) is 3.92. The first-order valence-corrected chi connectivity index (χ1v) is 8.92. The van der Waals surface area contributed by atoms with Gasteiger partial charge in [-0.15, -0.1) is 0 Å². The summed E-state index contributed by atoms with van der Waals surface area (Å²) in [7, 11) is 1.66. The zero-order chi connectivity index (χ0) is 18.4. The number of benzene rings is 2. The van der Waals surface area contributed by atoms with Gasteiger partial charge in [0.25, 0.3) is 5.91 Å². The molecule has 2 aliphatic heterocycles. The van der Waals surface area contributed by atoms with E-state index in [9.17, 15) is 4.79 Å². The van der Waals surface area contributed by atoms with Crippen LogP contribution in [0.5, 0.6) is 5.75 Å². The molecular weight excluding hydrogens is 328 g/mol.